The van der Waals surface area contributed by atoms with E-state index in [1.54, 1.807) is 48.5 Å². The lowest BCUT2D eigenvalue weighted by Crippen LogP contribution is -2.18. The molecule has 0 heterocycles. The first-order valence-electron chi connectivity index (χ1n) is 7.65. The Morgan fingerprint density at radius 3 is 1.19 bits per heavy atom. The van der Waals surface area contributed by atoms with E-state index >= 15 is 0 Å². The summed E-state index contributed by atoms with van der Waals surface area (Å²) in [6.45, 7) is 0. The van der Waals surface area contributed by atoms with Gasteiger partial charge in [-0.15, -0.1) is 0 Å². The Hall–Kier alpha value is -2.56. The molecule has 6 heteroatoms. The van der Waals surface area contributed by atoms with Crippen molar-refractivity contribution in [1.82, 2.24) is 0 Å². The van der Waals surface area contributed by atoms with E-state index in [-0.39, 0.29) is 21.2 Å². The molecule has 1 aliphatic rings. The molecule has 0 spiro atoms. The average Bonchev–Trinajstić information content (AvgIpc) is 2.68. The van der Waals surface area contributed by atoms with Crippen molar-refractivity contribution in [3.8, 4) is 11.5 Å². The van der Waals surface area contributed by atoms with Crippen LogP contribution in [0.2, 0.25) is 0 Å². The van der Waals surface area contributed by atoms with Crippen molar-refractivity contribution in [2.75, 3.05) is 14.2 Å². The first-order chi connectivity index (χ1) is 12.5. The summed E-state index contributed by atoms with van der Waals surface area (Å²) in [7, 11) is 3.08. The first-order valence-corrected chi connectivity index (χ1v) is 8.41. The molecule has 0 saturated heterocycles. The number of methoxy groups -OCH3 is 2. The van der Waals surface area contributed by atoms with E-state index in [1.165, 1.54) is 14.2 Å². The van der Waals surface area contributed by atoms with Gasteiger partial charge in [0.25, 0.3) is 0 Å². The van der Waals surface area contributed by atoms with Crippen LogP contribution in [-0.2, 0) is 9.59 Å². The van der Waals surface area contributed by atoms with E-state index in [4.69, 9.17) is 32.7 Å². The van der Waals surface area contributed by atoms with Crippen molar-refractivity contribution in [1.29, 1.82) is 0 Å². The summed E-state index contributed by atoms with van der Waals surface area (Å²) in [6, 6.07) is 13.4. The predicted octanol–water partition coefficient (Wildman–Crippen LogP) is 4.46. The molecule has 0 radical (unpaired) electrons. The highest BCUT2D eigenvalue weighted by Gasteiger charge is 2.34. The Labute approximate surface area is 160 Å². The average molecular weight is 389 g/mol. The summed E-state index contributed by atoms with van der Waals surface area (Å²) in [6.07, 6.45) is 0. The van der Waals surface area contributed by atoms with Crippen LogP contribution in [0.25, 0.3) is 11.1 Å². The van der Waals surface area contributed by atoms with Crippen LogP contribution in [0.15, 0.2) is 58.6 Å². The second-order valence-electron chi connectivity index (χ2n) is 5.49. The maximum absolute atomic E-state index is 12.8. The Bertz CT molecular complexity index is 859. The third-order valence-corrected chi connectivity index (χ3v) is 4.77. The Balaban J connectivity index is 2.06. The van der Waals surface area contributed by atoms with Gasteiger partial charge in [-0.2, -0.15) is 0 Å². The highest BCUT2D eigenvalue weighted by atomic mass is 35.5. The third kappa shape index (κ3) is 3.14. The number of Topliss-reactive ketones (excluding diaryl/α,β-unsaturated/α-hetero) is 2. The smallest absolute Gasteiger partial charge is 0.207 e. The molecule has 0 bridgehead atoms. The van der Waals surface area contributed by atoms with Gasteiger partial charge < -0.3 is 9.47 Å². The van der Waals surface area contributed by atoms with Gasteiger partial charge in [-0.1, -0.05) is 47.5 Å². The largest absolute Gasteiger partial charge is 0.497 e. The second kappa shape index (κ2) is 7.36. The molecule has 0 aliphatic heterocycles. The molecule has 2 aromatic carbocycles. The summed E-state index contributed by atoms with van der Waals surface area (Å²) in [5, 5.41) is -0.314. The predicted molar refractivity (Wildman–Crippen MR) is 102 cm³/mol. The lowest BCUT2D eigenvalue weighted by molar-refractivity contribution is -0.113. The molecule has 0 fully saturated rings. The molecule has 2 aromatic rings. The number of hydrogen-bond acceptors (Lipinski definition) is 4. The van der Waals surface area contributed by atoms with E-state index < -0.39 is 11.6 Å². The quantitative estimate of drug-likeness (QED) is 0.725. The summed E-state index contributed by atoms with van der Waals surface area (Å²) in [5.74, 6) is 0.265. The molecule has 0 atom stereocenters. The van der Waals surface area contributed by atoms with Gasteiger partial charge in [0, 0.05) is 0 Å². The van der Waals surface area contributed by atoms with Crippen molar-refractivity contribution < 1.29 is 19.1 Å². The van der Waals surface area contributed by atoms with E-state index in [9.17, 15) is 9.59 Å². The van der Waals surface area contributed by atoms with Crippen LogP contribution in [0.4, 0.5) is 0 Å². The fourth-order valence-electron chi connectivity index (χ4n) is 2.68. The molecule has 0 amide bonds. The number of ether oxygens (including phenoxy) is 2. The van der Waals surface area contributed by atoms with Crippen LogP contribution < -0.4 is 9.47 Å². The van der Waals surface area contributed by atoms with Crippen LogP contribution in [0, 0.1) is 0 Å². The molecule has 0 unspecified atom stereocenters. The summed E-state index contributed by atoms with van der Waals surface area (Å²) < 4.78 is 10.2. The maximum Gasteiger partial charge on any atom is 0.207 e. The molecule has 0 N–H and O–H groups in total. The summed E-state index contributed by atoms with van der Waals surface area (Å²) in [5.41, 5.74) is 1.17. The summed E-state index contributed by atoms with van der Waals surface area (Å²) in [4.78, 5) is 25.6. The number of carbonyl (C=O) groups is 2. The third-order valence-electron chi connectivity index (χ3n) is 4.05. The standard InChI is InChI=1S/C20H14Cl2O4/c1-25-13-7-3-11(4-8-13)15-17(21)20(24)16(18(22)19(15)23)12-5-9-14(26-2)10-6-12/h3-10H,1-2H3. The normalized spacial score (nSPS) is 14.8. The van der Waals surface area contributed by atoms with Gasteiger partial charge in [0.2, 0.25) is 11.6 Å². The van der Waals surface area contributed by atoms with E-state index in [1.807, 2.05) is 0 Å². The number of halogens is 2. The molecule has 26 heavy (non-hydrogen) atoms. The second-order valence-corrected chi connectivity index (χ2v) is 6.25. The van der Waals surface area contributed by atoms with Gasteiger partial charge >= 0.3 is 0 Å². The number of carbonyl (C=O) groups excluding carboxylic acids is 2. The molecule has 4 nitrogen and oxygen atoms in total. The van der Waals surface area contributed by atoms with Crippen molar-refractivity contribution >= 4 is 45.9 Å². The van der Waals surface area contributed by atoms with Crippen molar-refractivity contribution in [2.45, 2.75) is 0 Å². The highest BCUT2D eigenvalue weighted by molar-refractivity contribution is 6.68. The number of rotatable bonds is 4. The van der Waals surface area contributed by atoms with Crippen LogP contribution in [-0.4, -0.2) is 25.8 Å². The van der Waals surface area contributed by atoms with Gasteiger partial charge in [0.15, 0.2) is 0 Å². The molecular weight excluding hydrogens is 375 g/mol. The minimum Gasteiger partial charge on any atom is -0.497 e. The number of ketones is 2. The SMILES string of the molecule is COc1ccc(C2=C(Cl)C(=O)C(c3ccc(OC)cc3)=C(Cl)C2=O)cc1. The Morgan fingerprint density at radius 2 is 0.923 bits per heavy atom. The lowest BCUT2D eigenvalue weighted by Gasteiger charge is -2.19. The minimum absolute atomic E-state index is 0.0848. The molecule has 1 aliphatic carbocycles. The zero-order valence-corrected chi connectivity index (χ0v) is 15.5. The van der Waals surface area contributed by atoms with Gasteiger partial charge in [-0.25, -0.2) is 0 Å². The minimum atomic E-state index is -0.493. The Morgan fingerprint density at radius 1 is 0.615 bits per heavy atom. The Kier molecular flexibility index (Phi) is 5.16. The maximum atomic E-state index is 12.8. The summed E-state index contributed by atoms with van der Waals surface area (Å²) >= 11 is 12.5. The zero-order valence-electron chi connectivity index (χ0n) is 14.0. The fourth-order valence-corrected chi connectivity index (χ4v) is 3.26. The molecule has 0 aromatic heterocycles. The van der Waals surface area contributed by atoms with Crippen LogP contribution in [0.5, 0.6) is 11.5 Å². The van der Waals surface area contributed by atoms with Gasteiger partial charge in [0.1, 0.15) is 21.6 Å². The molecule has 0 saturated carbocycles. The number of hydrogen-bond donors (Lipinski definition) is 0. The van der Waals surface area contributed by atoms with Gasteiger partial charge in [-0.3, -0.25) is 9.59 Å². The number of benzene rings is 2. The fraction of sp³-hybridized carbons (Fsp3) is 0.100. The highest BCUT2D eigenvalue weighted by Crippen LogP contribution is 2.39. The van der Waals surface area contributed by atoms with Gasteiger partial charge in [0.05, 0.1) is 25.4 Å². The first kappa shape index (κ1) is 18.2. The van der Waals surface area contributed by atoms with E-state index in [0.717, 1.165) is 0 Å². The number of allylic oxidation sites excluding steroid dienone is 4. The topological polar surface area (TPSA) is 52.6 Å². The molecule has 3 rings (SSSR count). The lowest BCUT2D eigenvalue weighted by atomic mass is 9.88. The molecule has 132 valence electrons. The van der Waals surface area contributed by atoms with Crippen molar-refractivity contribution in [3.63, 3.8) is 0 Å². The van der Waals surface area contributed by atoms with Crippen LogP contribution in [0.3, 0.4) is 0 Å². The monoisotopic (exact) mass is 388 g/mol. The van der Waals surface area contributed by atoms with Crippen LogP contribution in [0.1, 0.15) is 11.1 Å². The van der Waals surface area contributed by atoms with Crippen molar-refractivity contribution in [3.05, 3.63) is 69.7 Å². The van der Waals surface area contributed by atoms with Crippen molar-refractivity contribution in [2.24, 2.45) is 0 Å². The molecular formula is C20H14Cl2O4. The van der Waals surface area contributed by atoms with E-state index in [0.29, 0.717) is 22.6 Å². The van der Waals surface area contributed by atoms with E-state index in [2.05, 4.69) is 0 Å². The zero-order chi connectivity index (χ0) is 18.8. The van der Waals surface area contributed by atoms with Gasteiger partial charge in [-0.05, 0) is 35.4 Å². The van der Waals surface area contributed by atoms with Crippen LogP contribution >= 0.6 is 23.2 Å².